The summed E-state index contributed by atoms with van der Waals surface area (Å²) < 4.78 is 7.23. The second-order valence-electron chi connectivity index (χ2n) is 4.37. The van der Waals surface area contributed by atoms with E-state index in [1.54, 1.807) is 4.57 Å². The molecule has 1 aromatic rings. The Morgan fingerprint density at radius 2 is 2.38 bits per heavy atom. The van der Waals surface area contributed by atoms with E-state index in [1.807, 2.05) is 0 Å². The summed E-state index contributed by atoms with van der Waals surface area (Å²) in [6, 6.07) is 0.221. The molecule has 0 saturated heterocycles. The van der Waals surface area contributed by atoms with Gasteiger partial charge in [0.15, 0.2) is 0 Å². The fourth-order valence-electron chi connectivity index (χ4n) is 2.11. The highest BCUT2D eigenvalue weighted by molar-refractivity contribution is 5.22. The summed E-state index contributed by atoms with van der Waals surface area (Å²) in [7, 11) is 0. The number of nitrogens with zero attached hydrogens (tertiary/aromatic N) is 3. The topological polar surface area (TPSA) is 96.2 Å². The van der Waals surface area contributed by atoms with Crippen molar-refractivity contribution in [2.24, 2.45) is 11.7 Å². The number of nitro groups is 1. The van der Waals surface area contributed by atoms with Crippen LogP contribution in [-0.4, -0.2) is 26.6 Å². The molecule has 1 aliphatic heterocycles. The van der Waals surface area contributed by atoms with Crippen LogP contribution in [0.15, 0.2) is 6.20 Å². The van der Waals surface area contributed by atoms with Crippen molar-refractivity contribution < 1.29 is 9.66 Å². The SMILES string of the molecule is NC1Cn2cc([N+](=O)[O-])nc2OC1C1CC1. The molecule has 2 aliphatic rings. The van der Waals surface area contributed by atoms with E-state index in [4.69, 9.17) is 10.5 Å². The molecule has 2 atom stereocenters. The number of nitrogens with two attached hydrogens (primary N) is 1. The summed E-state index contributed by atoms with van der Waals surface area (Å²) in [5, 5.41) is 10.6. The van der Waals surface area contributed by atoms with Gasteiger partial charge >= 0.3 is 11.8 Å². The van der Waals surface area contributed by atoms with Gasteiger partial charge in [-0.15, -0.1) is 0 Å². The number of fused-ring (bicyclic) bond motifs is 1. The van der Waals surface area contributed by atoms with Crippen LogP contribution in [0.4, 0.5) is 5.82 Å². The van der Waals surface area contributed by atoms with E-state index in [9.17, 15) is 10.1 Å². The molecule has 0 aromatic carbocycles. The first kappa shape index (κ1) is 9.59. The molecule has 2 heterocycles. The molecule has 3 rings (SSSR count). The van der Waals surface area contributed by atoms with Crippen LogP contribution >= 0.6 is 0 Å². The van der Waals surface area contributed by atoms with E-state index in [-0.39, 0.29) is 18.0 Å². The van der Waals surface area contributed by atoms with Crippen molar-refractivity contribution >= 4 is 5.82 Å². The average Bonchev–Trinajstić information content (AvgIpc) is 2.97. The third-order valence-electron chi connectivity index (χ3n) is 3.07. The van der Waals surface area contributed by atoms with Gasteiger partial charge in [-0.2, -0.15) is 0 Å². The van der Waals surface area contributed by atoms with Gasteiger partial charge in [-0.3, -0.25) is 4.57 Å². The molecular formula is C9H12N4O3. The third-order valence-corrected chi connectivity index (χ3v) is 3.07. The average molecular weight is 224 g/mol. The van der Waals surface area contributed by atoms with Gasteiger partial charge in [-0.05, 0) is 23.7 Å². The zero-order chi connectivity index (χ0) is 11.3. The van der Waals surface area contributed by atoms with Gasteiger partial charge < -0.3 is 20.6 Å². The number of hydrogen-bond donors (Lipinski definition) is 1. The van der Waals surface area contributed by atoms with Crippen molar-refractivity contribution in [2.45, 2.75) is 31.5 Å². The Bertz CT molecular complexity index is 440. The first-order valence-corrected chi connectivity index (χ1v) is 5.29. The lowest BCUT2D eigenvalue weighted by Gasteiger charge is -2.27. The highest BCUT2D eigenvalue weighted by Gasteiger charge is 2.42. The van der Waals surface area contributed by atoms with E-state index in [0.29, 0.717) is 18.5 Å². The Kier molecular flexibility index (Phi) is 1.90. The summed E-state index contributed by atoms with van der Waals surface area (Å²) >= 11 is 0. The van der Waals surface area contributed by atoms with Crippen LogP contribution in [0.2, 0.25) is 0 Å². The number of hydrogen-bond acceptors (Lipinski definition) is 5. The van der Waals surface area contributed by atoms with Gasteiger partial charge in [0.1, 0.15) is 12.3 Å². The lowest BCUT2D eigenvalue weighted by Crippen LogP contribution is -2.47. The maximum Gasteiger partial charge on any atom is 0.414 e. The Morgan fingerprint density at radius 3 is 3.00 bits per heavy atom. The first-order chi connectivity index (χ1) is 7.65. The predicted molar refractivity (Wildman–Crippen MR) is 54.0 cm³/mol. The van der Waals surface area contributed by atoms with Crippen LogP contribution in [-0.2, 0) is 6.54 Å². The first-order valence-electron chi connectivity index (χ1n) is 5.29. The van der Waals surface area contributed by atoms with Crippen LogP contribution in [0.25, 0.3) is 0 Å². The largest absolute Gasteiger partial charge is 0.440 e. The molecule has 1 fully saturated rings. The molecule has 2 N–H and O–H groups in total. The lowest BCUT2D eigenvalue weighted by molar-refractivity contribution is -0.389. The highest BCUT2D eigenvalue weighted by atomic mass is 16.6. The van der Waals surface area contributed by atoms with E-state index >= 15 is 0 Å². The Balaban J connectivity index is 1.89. The van der Waals surface area contributed by atoms with Crippen molar-refractivity contribution in [3.63, 3.8) is 0 Å². The monoisotopic (exact) mass is 224 g/mol. The third kappa shape index (κ3) is 1.44. The second-order valence-corrected chi connectivity index (χ2v) is 4.37. The standard InChI is InChI=1S/C9H12N4O3/c10-6-3-12-4-7(13(14)15)11-9(12)16-8(6)5-1-2-5/h4-6,8H,1-3,10H2. The van der Waals surface area contributed by atoms with Crippen molar-refractivity contribution in [1.29, 1.82) is 0 Å². The number of aromatic nitrogens is 2. The van der Waals surface area contributed by atoms with Crippen LogP contribution in [0.3, 0.4) is 0 Å². The predicted octanol–water partition coefficient (Wildman–Crippen LogP) is 0.290. The van der Waals surface area contributed by atoms with E-state index in [2.05, 4.69) is 4.98 Å². The molecule has 1 aliphatic carbocycles. The number of rotatable bonds is 2. The molecule has 2 unspecified atom stereocenters. The maximum absolute atomic E-state index is 10.6. The molecular weight excluding hydrogens is 212 g/mol. The summed E-state index contributed by atoms with van der Waals surface area (Å²) in [6.07, 6.45) is 3.59. The van der Waals surface area contributed by atoms with Crippen LogP contribution in [0.5, 0.6) is 6.01 Å². The Morgan fingerprint density at radius 1 is 1.62 bits per heavy atom. The smallest absolute Gasteiger partial charge is 0.414 e. The fourth-order valence-corrected chi connectivity index (χ4v) is 2.11. The van der Waals surface area contributed by atoms with Crippen LogP contribution < -0.4 is 10.5 Å². The minimum Gasteiger partial charge on any atom is -0.440 e. The molecule has 0 amide bonds. The molecule has 16 heavy (non-hydrogen) atoms. The minimum absolute atomic E-state index is 0.0329. The van der Waals surface area contributed by atoms with Crippen molar-refractivity contribution in [2.75, 3.05) is 0 Å². The summed E-state index contributed by atoms with van der Waals surface area (Å²) in [5.74, 6) is 0.318. The van der Waals surface area contributed by atoms with Gasteiger partial charge in [0.05, 0.1) is 6.04 Å². The molecule has 86 valence electrons. The number of imidazole rings is 1. The highest BCUT2D eigenvalue weighted by Crippen LogP contribution is 2.38. The van der Waals surface area contributed by atoms with Gasteiger partial charge in [0.2, 0.25) is 0 Å². The van der Waals surface area contributed by atoms with Crippen LogP contribution in [0, 0.1) is 16.0 Å². The van der Waals surface area contributed by atoms with Gasteiger partial charge in [0.25, 0.3) is 0 Å². The molecule has 0 spiro atoms. The van der Waals surface area contributed by atoms with Crippen LogP contribution in [0.1, 0.15) is 12.8 Å². The van der Waals surface area contributed by atoms with Crippen molar-refractivity contribution in [3.05, 3.63) is 16.3 Å². The zero-order valence-corrected chi connectivity index (χ0v) is 8.57. The fraction of sp³-hybridized carbons (Fsp3) is 0.667. The molecule has 0 bridgehead atoms. The minimum atomic E-state index is -0.521. The Labute approximate surface area is 91.4 Å². The Hall–Kier alpha value is -1.63. The van der Waals surface area contributed by atoms with E-state index < -0.39 is 4.92 Å². The maximum atomic E-state index is 10.6. The molecule has 1 aromatic heterocycles. The second kappa shape index (κ2) is 3.18. The molecule has 7 heteroatoms. The summed E-state index contributed by atoms with van der Waals surface area (Å²) in [4.78, 5) is 13.9. The molecule has 7 nitrogen and oxygen atoms in total. The summed E-state index contributed by atoms with van der Waals surface area (Å²) in [5.41, 5.74) is 5.98. The normalized spacial score (nSPS) is 28.3. The van der Waals surface area contributed by atoms with E-state index in [0.717, 1.165) is 12.8 Å². The van der Waals surface area contributed by atoms with Gasteiger partial charge in [-0.25, -0.2) is 0 Å². The molecule has 1 saturated carbocycles. The van der Waals surface area contributed by atoms with E-state index in [1.165, 1.54) is 6.20 Å². The molecule has 0 radical (unpaired) electrons. The van der Waals surface area contributed by atoms with Crippen molar-refractivity contribution in [3.8, 4) is 6.01 Å². The van der Waals surface area contributed by atoms with Gasteiger partial charge in [0, 0.05) is 11.5 Å². The van der Waals surface area contributed by atoms with Crippen molar-refractivity contribution in [1.82, 2.24) is 9.55 Å². The zero-order valence-electron chi connectivity index (χ0n) is 8.57. The number of ether oxygens (including phenoxy) is 1. The quantitative estimate of drug-likeness (QED) is 0.575. The summed E-state index contributed by atoms with van der Waals surface area (Å²) in [6.45, 7) is 0.539. The van der Waals surface area contributed by atoms with Gasteiger partial charge in [-0.1, -0.05) is 0 Å². The lowest BCUT2D eigenvalue weighted by atomic mass is 10.1.